The number of benzene rings is 4. The summed E-state index contributed by atoms with van der Waals surface area (Å²) < 4.78 is 20.8. The molecule has 6 amide bonds. The Kier molecular flexibility index (Phi) is 18.2. The van der Waals surface area contributed by atoms with E-state index in [1.807, 2.05) is 76.2 Å². The van der Waals surface area contributed by atoms with Gasteiger partial charge in [0.05, 0.1) is 55.9 Å². The number of Topliss-reactive ketones (excluding diaryl/α,β-unsaturated/α-hetero) is 1. The van der Waals surface area contributed by atoms with Crippen LogP contribution < -0.4 is 19.3 Å². The first kappa shape index (κ1) is 56.6. The second-order valence-corrected chi connectivity index (χ2v) is 19.5. The highest BCUT2D eigenvalue weighted by atomic mass is 16.6. The van der Waals surface area contributed by atoms with Crippen LogP contribution in [0.15, 0.2) is 97.3 Å². The number of aryl methyl sites for hydroxylation is 4. The molecule has 0 fully saturated rings. The Labute approximate surface area is 448 Å². The average Bonchev–Trinajstić information content (AvgIpc) is 4.26. The minimum Gasteiger partial charge on any atom is -0.497 e. The molecule has 77 heavy (non-hydrogen) atoms. The predicted octanol–water partition coefficient (Wildman–Crippen LogP) is 8.79. The van der Waals surface area contributed by atoms with Crippen molar-refractivity contribution in [2.75, 3.05) is 44.3 Å². The molecule has 0 bridgehead atoms. The highest BCUT2D eigenvalue weighted by Gasteiger charge is 2.47. The molecule has 4 atom stereocenters. The van der Waals surface area contributed by atoms with E-state index in [-0.39, 0.29) is 53.6 Å². The molecule has 4 aromatic rings. The number of aliphatic hydroxyl groups excluding tert-OH is 2. The number of ether oxygens (including phenoxy) is 4. The second kappa shape index (κ2) is 24.7. The number of fused-ring (bicyclic) bond motifs is 4. The normalized spacial score (nSPS) is 19.1. The minimum absolute atomic E-state index is 0.148. The van der Waals surface area contributed by atoms with Crippen LogP contribution in [0.25, 0.3) is 11.1 Å². The van der Waals surface area contributed by atoms with Crippen molar-refractivity contribution in [1.82, 2.24) is 14.7 Å². The largest absolute Gasteiger partial charge is 0.497 e. The van der Waals surface area contributed by atoms with Crippen LogP contribution in [-0.4, -0.2) is 126 Å². The number of ketones is 1. The summed E-state index contributed by atoms with van der Waals surface area (Å²) in [7, 11) is 4.44. The predicted molar refractivity (Wildman–Crippen MR) is 289 cm³/mol. The number of carbonyl (C=O) groups is 7. The molecule has 18 heteroatoms. The summed E-state index contributed by atoms with van der Waals surface area (Å²) in [5.74, 6) is -0.165. The fourth-order valence-electron chi connectivity index (χ4n) is 9.66. The maximum absolute atomic E-state index is 13.8. The fourth-order valence-corrected chi connectivity index (χ4v) is 9.66. The number of rotatable bonds is 12. The van der Waals surface area contributed by atoms with E-state index in [0.29, 0.717) is 49.1 Å². The molecule has 0 saturated heterocycles. The molecule has 0 aliphatic carbocycles. The van der Waals surface area contributed by atoms with Crippen LogP contribution >= 0.6 is 0 Å². The van der Waals surface area contributed by atoms with E-state index in [1.165, 1.54) is 40.4 Å². The van der Waals surface area contributed by atoms with Crippen molar-refractivity contribution in [1.29, 1.82) is 0 Å². The van der Waals surface area contributed by atoms with Crippen molar-refractivity contribution in [3.63, 3.8) is 0 Å². The van der Waals surface area contributed by atoms with Crippen LogP contribution in [0.2, 0.25) is 0 Å². The Morgan fingerprint density at radius 1 is 0.584 bits per heavy atom. The maximum atomic E-state index is 13.8. The van der Waals surface area contributed by atoms with Crippen LogP contribution in [0.1, 0.15) is 113 Å². The van der Waals surface area contributed by atoms with Crippen LogP contribution in [0.5, 0.6) is 11.5 Å². The number of amides is 6. The zero-order valence-electron chi connectivity index (χ0n) is 45.0. The van der Waals surface area contributed by atoms with E-state index in [1.54, 1.807) is 50.9 Å². The molecule has 5 heterocycles. The number of nitrogens with zero attached hydrogens (tertiary/aromatic N) is 5. The molecule has 0 unspecified atom stereocenters. The van der Waals surface area contributed by atoms with E-state index in [2.05, 4.69) is 13.8 Å². The fraction of sp³-hybridized carbons (Fsp3) is 0.373. The highest BCUT2D eigenvalue weighted by Crippen LogP contribution is 2.42. The molecule has 4 aromatic carbocycles. The van der Waals surface area contributed by atoms with Gasteiger partial charge in [-0.2, -0.15) is 0 Å². The van der Waals surface area contributed by atoms with Gasteiger partial charge in [0.15, 0.2) is 24.8 Å². The number of imide groups is 1. The number of carbonyl (C=O) groups excluding carboxylic acids is 7. The zero-order valence-corrected chi connectivity index (χ0v) is 45.0. The zero-order chi connectivity index (χ0) is 55.8. The summed E-state index contributed by atoms with van der Waals surface area (Å²) in [4.78, 5) is 95.5. The van der Waals surface area contributed by atoms with Gasteiger partial charge >= 0.3 is 12.2 Å². The van der Waals surface area contributed by atoms with Gasteiger partial charge < -0.3 is 39.0 Å². The van der Waals surface area contributed by atoms with E-state index >= 15 is 0 Å². The Bertz CT molecular complexity index is 3000. The summed E-state index contributed by atoms with van der Waals surface area (Å²) in [6.07, 6.45) is 5.36. The number of hydrogen-bond acceptors (Lipinski definition) is 13. The van der Waals surface area contributed by atoms with Crippen LogP contribution in [-0.2, 0) is 23.9 Å². The highest BCUT2D eigenvalue weighted by molar-refractivity contribution is 6.13. The molecule has 2 N–H and O–H groups in total. The van der Waals surface area contributed by atoms with Crippen LogP contribution in [0.4, 0.5) is 21.0 Å². The lowest BCUT2D eigenvalue weighted by Crippen LogP contribution is -2.50. The van der Waals surface area contributed by atoms with Crippen molar-refractivity contribution in [2.24, 2.45) is 0 Å². The SMILES string of the molecule is CCC.COC(=O)N1c2cc(C)c(C)cc2C(=O)N2C=C(c3ccc(OC)cc3)C[C@H]2[C@@H]1O.COc1ccc(C2=CN3C(=O)c4cc(C)c(C)cc4N(C(=O)OCC(=O)CCCCCN4C(=O)C=CC4=O)[C@@H](O)[C@@H]3C2)cc1. The summed E-state index contributed by atoms with van der Waals surface area (Å²) in [6.45, 7) is 11.6. The molecule has 5 aliphatic rings. The third kappa shape index (κ3) is 12.1. The van der Waals surface area contributed by atoms with Crippen molar-refractivity contribution in [3.8, 4) is 11.5 Å². The molecule has 0 aromatic heterocycles. The van der Waals surface area contributed by atoms with Crippen LogP contribution in [0, 0.1) is 27.7 Å². The topological polar surface area (TPSA) is 213 Å². The van der Waals surface area contributed by atoms with E-state index in [0.717, 1.165) is 60.1 Å². The number of unbranched alkanes of at least 4 members (excludes halogenated alkanes) is 2. The average molecular weight is 1050 g/mol. The van der Waals surface area contributed by atoms with Crippen molar-refractivity contribution in [3.05, 3.63) is 142 Å². The van der Waals surface area contributed by atoms with Crippen molar-refractivity contribution in [2.45, 2.75) is 111 Å². The quantitative estimate of drug-likeness (QED) is 0.100. The molecule has 5 aliphatic heterocycles. The van der Waals surface area contributed by atoms with Crippen molar-refractivity contribution >= 4 is 64.1 Å². The van der Waals surface area contributed by atoms with Gasteiger partial charge in [-0.3, -0.25) is 28.9 Å². The van der Waals surface area contributed by atoms with Gasteiger partial charge in [-0.25, -0.2) is 19.4 Å². The van der Waals surface area contributed by atoms with E-state index in [9.17, 15) is 43.8 Å². The molecular weight excluding hydrogens is 987 g/mol. The van der Waals surface area contributed by atoms with E-state index < -0.39 is 43.3 Å². The monoisotopic (exact) mass is 1050 g/mol. The lowest BCUT2D eigenvalue weighted by atomic mass is 10.0. The summed E-state index contributed by atoms with van der Waals surface area (Å²) >= 11 is 0. The third-order valence-electron chi connectivity index (χ3n) is 14.1. The van der Waals surface area contributed by atoms with E-state index in [4.69, 9.17) is 18.9 Å². The summed E-state index contributed by atoms with van der Waals surface area (Å²) in [5.41, 5.74) is 8.19. The first-order valence-electron chi connectivity index (χ1n) is 25.7. The Hall–Kier alpha value is -8.09. The van der Waals surface area contributed by atoms with Gasteiger partial charge in [0.2, 0.25) is 0 Å². The number of hydrogen-bond donors (Lipinski definition) is 2. The number of anilines is 2. The molecular formula is C59H67N5O13. The standard InChI is InChI=1S/C33H35N3O8.C23H24N2O5.C3H8/c1-20-15-26-27(16-21(20)2)36(33(42)44-19-24(37)7-5-4-6-14-34-29(38)12-13-30(34)39)32(41)28-17-23(18-35(28)31(26)40)22-8-10-25(43-3)11-9-22;1-13-9-18-19(10-14(13)2)25(23(28)30-4)22(27)20-11-16(12-24(20)21(18)26)15-5-7-17(29-3)8-6-15;1-3-2/h8-13,15-16,18,28,32,41H,4-7,14,17,19H2,1-3H3;5-10,12,20,22,27H,11H2,1-4H3;3H2,1-2H3/t28-,32-;20-,22-;/m00./s1. The molecule has 406 valence electrons. The lowest BCUT2D eigenvalue weighted by molar-refractivity contribution is -0.137. The van der Waals surface area contributed by atoms with Gasteiger partial charge in [-0.05, 0) is 146 Å². The molecule has 0 saturated carbocycles. The summed E-state index contributed by atoms with van der Waals surface area (Å²) in [5, 5.41) is 22.8. The second-order valence-electron chi connectivity index (χ2n) is 19.5. The third-order valence-corrected chi connectivity index (χ3v) is 14.1. The Morgan fingerprint density at radius 2 is 1.00 bits per heavy atom. The minimum atomic E-state index is -1.44. The van der Waals surface area contributed by atoms with Gasteiger partial charge in [0.1, 0.15) is 11.5 Å². The summed E-state index contributed by atoms with van der Waals surface area (Å²) in [6, 6.07) is 20.4. The molecule has 0 radical (unpaired) electrons. The number of aliphatic hydroxyl groups is 2. The maximum Gasteiger partial charge on any atom is 0.416 e. The first-order valence-corrected chi connectivity index (χ1v) is 25.7. The smallest absolute Gasteiger partial charge is 0.416 e. The lowest BCUT2D eigenvalue weighted by Gasteiger charge is -2.31. The van der Waals surface area contributed by atoms with Gasteiger partial charge in [-0.1, -0.05) is 51.0 Å². The van der Waals surface area contributed by atoms with Crippen LogP contribution in [0.3, 0.4) is 0 Å². The first-order chi connectivity index (χ1) is 36.8. The van der Waals surface area contributed by atoms with Crippen molar-refractivity contribution < 1.29 is 62.7 Å². The van der Waals surface area contributed by atoms with Gasteiger partial charge in [0.25, 0.3) is 23.6 Å². The molecule has 0 spiro atoms. The van der Waals surface area contributed by atoms with Gasteiger partial charge in [-0.15, -0.1) is 0 Å². The Balaban J connectivity index is 0.000000227. The Morgan fingerprint density at radius 3 is 1.42 bits per heavy atom. The number of methoxy groups -OCH3 is 3. The molecule has 9 rings (SSSR count). The van der Waals surface area contributed by atoms with Gasteiger partial charge in [0, 0.05) is 37.5 Å². The molecule has 18 nitrogen and oxygen atoms in total.